The van der Waals surface area contributed by atoms with Crippen molar-refractivity contribution in [2.24, 2.45) is 5.92 Å². The number of carbonyl (C=O) groups is 2. The van der Waals surface area contributed by atoms with Gasteiger partial charge in [0.15, 0.2) is 0 Å². The number of hydrogen-bond donors (Lipinski definition) is 1. The molecule has 0 saturated heterocycles. The summed E-state index contributed by atoms with van der Waals surface area (Å²) in [5, 5.41) is 8.77. The van der Waals surface area contributed by atoms with Crippen LogP contribution in [0.5, 0.6) is 0 Å². The number of ketones is 1. The van der Waals surface area contributed by atoms with E-state index in [9.17, 15) is 9.59 Å². The maximum absolute atomic E-state index is 12.9. The highest BCUT2D eigenvalue weighted by Gasteiger charge is 2.28. The summed E-state index contributed by atoms with van der Waals surface area (Å²) < 4.78 is 0. The number of amides is 1. The maximum Gasteiger partial charge on any atom is 0.257 e. The highest BCUT2D eigenvalue weighted by atomic mass is 16.2. The number of hydrogen-bond acceptors (Lipinski definition) is 3. The smallest absolute Gasteiger partial charge is 0.257 e. The summed E-state index contributed by atoms with van der Waals surface area (Å²) in [5.74, 6) is 0.866. The third kappa shape index (κ3) is 8.00. The van der Waals surface area contributed by atoms with E-state index in [2.05, 4.69) is 24.8 Å². The molecule has 0 radical (unpaired) electrons. The minimum Gasteiger partial charge on any atom is -0.338 e. The van der Waals surface area contributed by atoms with Crippen LogP contribution in [0.1, 0.15) is 87.5 Å². The zero-order valence-corrected chi connectivity index (χ0v) is 23.4. The molecule has 2 atom stereocenters. The maximum atomic E-state index is 12.9. The summed E-state index contributed by atoms with van der Waals surface area (Å²) in [6.45, 7) is 9.31. The van der Waals surface area contributed by atoms with Gasteiger partial charge >= 0.3 is 0 Å². The fourth-order valence-corrected chi connectivity index (χ4v) is 5.40. The average molecular weight is 511 g/mol. The van der Waals surface area contributed by atoms with Gasteiger partial charge in [-0.05, 0) is 81.6 Å². The number of Topliss-reactive ketones (excluding diaryl/α,β-unsaturated/α-hetero) is 1. The quantitative estimate of drug-likeness (QED) is 0.147. The lowest BCUT2D eigenvalue weighted by Gasteiger charge is -2.30. The minimum absolute atomic E-state index is 0.0399. The first-order chi connectivity index (χ1) is 18.3. The van der Waals surface area contributed by atoms with Gasteiger partial charge in [0.25, 0.3) is 5.91 Å². The van der Waals surface area contributed by atoms with Crippen LogP contribution in [0.25, 0.3) is 0 Å². The molecule has 4 heteroatoms. The Morgan fingerprint density at radius 3 is 2.66 bits per heavy atom. The summed E-state index contributed by atoms with van der Waals surface area (Å²) in [5.41, 5.74) is 8.29. The minimum atomic E-state index is 0.0399. The first-order valence-corrected chi connectivity index (χ1v) is 13.9. The molecular formula is C34H42N2O2. The Balaban J connectivity index is 1.65. The van der Waals surface area contributed by atoms with Gasteiger partial charge in [0.2, 0.25) is 0 Å². The summed E-state index contributed by atoms with van der Waals surface area (Å²) in [6, 6.07) is 16.2. The van der Waals surface area contributed by atoms with Crippen LogP contribution in [0.2, 0.25) is 0 Å². The van der Waals surface area contributed by atoms with Crippen LogP contribution >= 0.6 is 0 Å². The van der Waals surface area contributed by atoms with Crippen LogP contribution in [-0.2, 0) is 9.59 Å². The molecule has 4 nitrogen and oxygen atoms in total. The lowest BCUT2D eigenvalue weighted by Crippen LogP contribution is -2.33. The van der Waals surface area contributed by atoms with Crippen LogP contribution in [0.4, 0.5) is 0 Å². The Morgan fingerprint density at radius 2 is 1.92 bits per heavy atom. The van der Waals surface area contributed by atoms with E-state index in [4.69, 9.17) is 5.41 Å². The number of nitrogens with zero attached hydrogens (tertiary/aromatic N) is 1. The molecule has 0 heterocycles. The highest BCUT2D eigenvalue weighted by molar-refractivity contribution is 6.11. The van der Waals surface area contributed by atoms with E-state index in [0.29, 0.717) is 42.4 Å². The van der Waals surface area contributed by atoms with Crippen LogP contribution < -0.4 is 0 Å². The first-order valence-electron chi connectivity index (χ1n) is 13.9. The molecule has 2 unspecified atom stereocenters. The van der Waals surface area contributed by atoms with Crippen molar-refractivity contribution in [1.29, 1.82) is 5.41 Å². The van der Waals surface area contributed by atoms with E-state index >= 15 is 0 Å². The predicted molar refractivity (Wildman–Crippen MR) is 157 cm³/mol. The van der Waals surface area contributed by atoms with E-state index in [0.717, 1.165) is 54.5 Å². The van der Waals surface area contributed by atoms with Crippen molar-refractivity contribution < 1.29 is 9.59 Å². The van der Waals surface area contributed by atoms with Crippen molar-refractivity contribution in [1.82, 2.24) is 4.90 Å². The molecule has 38 heavy (non-hydrogen) atoms. The summed E-state index contributed by atoms with van der Waals surface area (Å²) >= 11 is 0. The number of rotatable bonds is 11. The van der Waals surface area contributed by atoms with Gasteiger partial charge in [-0.2, -0.15) is 0 Å². The Kier molecular flexibility index (Phi) is 11.1. The molecule has 1 fully saturated rings. The summed E-state index contributed by atoms with van der Waals surface area (Å²) in [6.07, 6.45) is 10.5. The lowest BCUT2D eigenvalue weighted by atomic mass is 9.75. The van der Waals surface area contributed by atoms with Gasteiger partial charge in [0.1, 0.15) is 5.78 Å². The molecule has 1 saturated carbocycles. The Hall–Kier alpha value is -3.49. The van der Waals surface area contributed by atoms with E-state index in [1.807, 2.05) is 74.2 Å². The van der Waals surface area contributed by atoms with E-state index < -0.39 is 0 Å². The van der Waals surface area contributed by atoms with E-state index in [-0.39, 0.29) is 11.8 Å². The third-order valence-electron chi connectivity index (χ3n) is 7.40. The predicted octanol–water partition coefficient (Wildman–Crippen LogP) is 7.56. The van der Waals surface area contributed by atoms with Crippen molar-refractivity contribution in [2.45, 2.75) is 72.1 Å². The van der Waals surface area contributed by atoms with Crippen molar-refractivity contribution in [2.75, 3.05) is 13.1 Å². The van der Waals surface area contributed by atoms with E-state index in [1.54, 1.807) is 6.08 Å². The number of allylic oxidation sites excluding steroid dienone is 2. The second-order valence-electron chi connectivity index (χ2n) is 10.5. The van der Waals surface area contributed by atoms with Crippen molar-refractivity contribution >= 4 is 17.4 Å². The lowest BCUT2D eigenvalue weighted by molar-refractivity contribution is -0.127. The molecule has 3 rings (SSSR count). The van der Waals surface area contributed by atoms with Gasteiger partial charge in [-0.25, -0.2) is 0 Å². The molecule has 2 aromatic rings. The summed E-state index contributed by atoms with van der Waals surface area (Å²) in [7, 11) is 0. The first kappa shape index (κ1) is 29.1. The molecule has 200 valence electrons. The molecule has 0 aromatic heterocycles. The molecule has 1 aliphatic rings. The standard InChI is InChI=1S/C34H42N2O2/c1-5-7-8-14-26(4)34(38)36(19-6-2)20-12-15-27-21-30(24-31(37)22-27)28-16-11-17-29(23-28)33(35)32-18-10-9-13-25(32)3/h5,7-11,13,16-18,23,27,30,35H,6,12,15,19-22,24H2,1-4H3. The van der Waals surface area contributed by atoms with Crippen LogP contribution in [0.15, 0.2) is 78.1 Å². The Bertz CT molecular complexity index is 1230. The normalized spacial score (nSPS) is 17.2. The van der Waals surface area contributed by atoms with Crippen LogP contribution in [-0.4, -0.2) is 35.4 Å². The zero-order valence-electron chi connectivity index (χ0n) is 23.4. The zero-order chi connectivity index (χ0) is 27.5. The van der Waals surface area contributed by atoms with Gasteiger partial charge in [-0.1, -0.05) is 61.5 Å². The Labute approximate surface area is 228 Å². The van der Waals surface area contributed by atoms with Gasteiger partial charge in [0.05, 0.1) is 11.3 Å². The molecule has 0 aliphatic heterocycles. The average Bonchev–Trinajstić information content (AvgIpc) is 2.92. The third-order valence-corrected chi connectivity index (χ3v) is 7.40. The van der Waals surface area contributed by atoms with Gasteiger partial charge in [-0.15, -0.1) is 5.73 Å². The SMILES string of the molecule is CC=CC=C=C(C)C(=O)N(CCC)CCCC1CC(=O)CC(c2cccc(C(=N)c3ccccc3C)c2)C1. The van der Waals surface area contributed by atoms with Crippen molar-refractivity contribution in [3.05, 3.63) is 100 Å². The van der Waals surface area contributed by atoms with Crippen molar-refractivity contribution in [3.63, 3.8) is 0 Å². The molecular weight excluding hydrogens is 468 g/mol. The van der Waals surface area contributed by atoms with Gasteiger partial charge in [0, 0.05) is 37.1 Å². The largest absolute Gasteiger partial charge is 0.338 e. The fourth-order valence-electron chi connectivity index (χ4n) is 5.40. The van der Waals surface area contributed by atoms with Crippen LogP contribution in [0, 0.1) is 18.3 Å². The van der Waals surface area contributed by atoms with Crippen LogP contribution in [0.3, 0.4) is 0 Å². The molecule has 1 amide bonds. The van der Waals surface area contributed by atoms with Gasteiger partial charge < -0.3 is 4.90 Å². The molecule has 1 aliphatic carbocycles. The molecule has 1 N–H and O–H groups in total. The van der Waals surface area contributed by atoms with Gasteiger partial charge in [-0.3, -0.25) is 15.0 Å². The second-order valence-corrected chi connectivity index (χ2v) is 10.5. The second kappa shape index (κ2) is 14.4. The van der Waals surface area contributed by atoms with Crippen molar-refractivity contribution in [3.8, 4) is 0 Å². The number of benzene rings is 2. The molecule has 0 spiro atoms. The highest BCUT2D eigenvalue weighted by Crippen LogP contribution is 2.37. The fraction of sp³-hybridized carbons (Fsp3) is 0.412. The molecule has 2 aromatic carbocycles. The summed E-state index contributed by atoms with van der Waals surface area (Å²) in [4.78, 5) is 27.6. The van der Waals surface area contributed by atoms with E-state index in [1.165, 1.54) is 0 Å². The topological polar surface area (TPSA) is 61.2 Å². The number of nitrogens with one attached hydrogen (secondary N) is 1. The molecule has 0 bridgehead atoms. The number of carbonyl (C=O) groups excluding carboxylic acids is 2. The Morgan fingerprint density at radius 1 is 1.13 bits per heavy atom. The number of aryl methyl sites for hydroxylation is 1. The monoisotopic (exact) mass is 510 g/mol.